The smallest absolute Gasteiger partial charge is 0.317 e. The molecule has 1 saturated heterocycles. The zero-order valence-electron chi connectivity index (χ0n) is 17.3. The number of methoxy groups -OCH3 is 2. The lowest BCUT2D eigenvalue weighted by Gasteiger charge is -2.35. The average Bonchev–Trinajstić information content (AvgIpc) is 3.55. The fourth-order valence-electron chi connectivity index (χ4n) is 3.53. The first-order valence-electron chi connectivity index (χ1n) is 9.69. The molecule has 0 spiro atoms. The van der Waals surface area contributed by atoms with Gasteiger partial charge in [-0.05, 0) is 24.8 Å². The van der Waals surface area contributed by atoms with E-state index in [1.54, 1.807) is 14.2 Å². The molecule has 166 valence electrons. The molecule has 2 amide bonds. The molecule has 2 fully saturated rings. The Balaban J connectivity index is 0.00000160. The van der Waals surface area contributed by atoms with Crippen LogP contribution in [0.4, 0.5) is 16.3 Å². The van der Waals surface area contributed by atoms with Crippen LogP contribution in [0.2, 0.25) is 0 Å². The van der Waals surface area contributed by atoms with E-state index in [-0.39, 0.29) is 23.9 Å². The van der Waals surface area contributed by atoms with Crippen molar-refractivity contribution in [2.45, 2.75) is 12.8 Å². The zero-order chi connectivity index (χ0) is 19.7. The van der Waals surface area contributed by atoms with Crippen molar-refractivity contribution in [1.29, 1.82) is 0 Å². The maximum Gasteiger partial charge on any atom is 0.317 e. The Labute approximate surface area is 182 Å². The van der Waals surface area contributed by atoms with Gasteiger partial charge in [-0.2, -0.15) is 0 Å². The first-order valence-corrected chi connectivity index (χ1v) is 9.69. The third-order valence-electron chi connectivity index (χ3n) is 5.46. The van der Waals surface area contributed by atoms with Crippen LogP contribution in [0.3, 0.4) is 0 Å². The predicted molar refractivity (Wildman–Crippen MR) is 120 cm³/mol. The molecule has 2 heterocycles. The van der Waals surface area contributed by atoms with Gasteiger partial charge in [-0.3, -0.25) is 0 Å². The van der Waals surface area contributed by atoms with E-state index < -0.39 is 0 Å². The summed E-state index contributed by atoms with van der Waals surface area (Å²) in [6.45, 7) is 3.58. The number of piperazine rings is 1. The van der Waals surface area contributed by atoms with Crippen LogP contribution >= 0.6 is 12.4 Å². The fraction of sp³-hybridized carbons (Fsp3) is 0.500. The van der Waals surface area contributed by atoms with E-state index in [2.05, 4.69) is 10.2 Å². The van der Waals surface area contributed by atoms with Gasteiger partial charge in [0, 0.05) is 55.9 Å². The Morgan fingerprint density at radius 2 is 1.77 bits per heavy atom. The number of nitrogen functional groups attached to an aromatic ring is 1. The van der Waals surface area contributed by atoms with Crippen molar-refractivity contribution < 1.29 is 19.7 Å². The molecule has 1 aromatic carbocycles. The SMILES string of the molecule is COc1cc2nc(N3CCN(C(=O)NCC4CC4)CC3)cc(N)c2cc1OC.Cl.O. The van der Waals surface area contributed by atoms with Gasteiger partial charge >= 0.3 is 6.03 Å². The Hall–Kier alpha value is -2.65. The third kappa shape index (κ3) is 4.91. The van der Waals surface area contributed by atoms with E-state index in [4.69, 9.17) is 20.2 Å². The van der Waals surface area contributed by atoms with Crippen LogP contribution < -0.4 is 25.4 Å². The molecule has 30 heavy (non-hydrogen) atoms. The van der Waals surface area contributed by atoms with Crippen molar-refractivity contribution in [1.82, 2.24) is 15.2 Å². The number of carbonyl (C=O) groups excluding carboxylic acids is 1. The summed E-state index contributed by atoms with van der Waals surface area (Å²) in [6.07, 6.45) is 2.47. The van der Waals surface area contributed by atoms with Crippen LogP contribution in [-0.2, 0) is 0 Å². The third-order valence-corrected chi connectivity index (χ3v) is 5.46. The number of carbonyl (C=O) groups is 1. The molecule has 0 atom stereocenters. The number of fused-ring (bicyclic) bond motifs is 1. The van der Waals surface area contributed by atoms with Crippen molar-refractivity contribution >= 4 is 40.8 Å². The Kier molecular flexibility index (Phi) is 7.80. The van der Waals surface area contributed by atoms with Gasteiger partial charge in [-0.25, -0.2) is 9.78 Å². The number of hydrogen-bond acceptors (Lipinski definition) is 6. The predicted octanol–water partition coefficient (Wildman–Crippen LogP) is 1.67. The van der Waals surface area contributed by atoms with Gasteiger partial charge in [-0.1, -0.05) is 0 Å². The molecule has 5 N–H and O–H groups in total. The molecule has 10 heteroatoms. The maximum atomic E-state index is 12.3. The molecule has 1 saturated carbocycles. The number of halogens is 1. The van der Waals surface area contributed by atoms with E-state index in [1.165, 1.54) is 12.8 Å². The second-order valence-electron chi connectivity index (χ2n) is 7.40. The number of aromatic nitrogens is 1. The Bertz CT molecular complexity index is 885. The summed E-state index contributed by atoms with van der Waals surface area (Å²) in [4.78, 5) is 21.1. The van der Waals surface area contributed by atoms with E-state index >= 15 is 0 Å². The average molecular weight is 440 g/mol. The summed E-state index contributed by atoms with van der Waals surface area (Å²) in [7, 11) is 3.20. The molecule has 9 nitrogen and oxygen atoms in total. The summed E-state index contributed by atoms with van der Waals surface area (Å²) in [5.74, 6) is 2.75. The number of pyridine rings is 1. The van der Waals surface area contributed by atoms with Crippen molar-refractivity contribution in [2.24, 2.45) is 5.92 Å². The summed E-state index contributed by atoms with van der Waals surface area (Å²) >= 11 is 0. The highest BCUT2D eigenvalue weighted by Crippen LogP contribution is 2.35. The lowest BCUT2D eigenvalue weighted by atomic mass is 10.1. The highest BCUT2D eigenvalue weighted by molar-refractivity contribution is 5.94. The van der Waals surface area contributed by atoms with Gasteiger partial charge in [0.25, 0.3) is 0 Å². The van der Waals surface area contributed by atoms with Crippen molar-refractivity contribution in [3.05, 3.63) is 18.2 Å². The van der Waals surface area contributed by atoms with E-state index in [9.17, 15) is 4.79 Å². The van der Waals surface area contributed by atoms with Gasteiger partial charge < -0.3 is 35.8 Å². The topological polar surface area (TPSA) is 124 Å². The number of rotatable bonds is 5. The number of benzene rings is 1. The second-order valence-corrected chi connectivity index (χ2v) is 7.40. The monoisotopic (exact) mass is 439 g/mol. The van der Waals surface area contributed by atoms with Gasteiger partial charge in [-0.15, -0.1) is 12.4 Å². The first kappa shape index (κ1) is 23.6. The largest absolute Gasteiger partial charge is 0.493 e. The normalized spacial score (nSPS) is 15.8. The van der Waals surface area contributed by atoms with Crippen LogP contribution in [0.5, 0.6) is 11.5 Å². The molecule has 1 aromatic heterocycles. The number of nitrogens with zero attached hydrogens (tertiary/aromatic N) is 3. The number of urea groups is 1. The van der Waals surface area contributed by atoms with E-state index in [1.807, 2.05) is 23.1 Å². The summed E-state index contributed by atoms with van der Waals surface area (Å²) < 4.78 is 10.7. The molecule has 1 aliphatic carbocycles. The lowest BCUT2D eigenvalue weighted by Crippen LogP contribution is -2.52. The first-order chi connectivity index (χ1) is 13.6. The highest BCUT2D eigenvalue weighted by Gasteiger charge is 2.25. The molecule has 0 radical (unpaired) electrons. The standard InChI is InChI=1S/C20H27N5O3.ClH.H2O/c1-27-17-9-14-15(21)10-19(23-16(14)11-18(17)28-2)24-5-7-25(8-6-24)20(26)22-12-13-3-4-13;;/h9-11,13H,3-8,12H2,1-2H3,(H2,21,23)(H,22,26);1H;1H2. The fourth-order valence-corrected chi connectivity index (χ4v) is 3.53. The molecule has 0 bridgehead atoms. The van der Waals surface area contributed by atoms with Gasteiger partial charge in [0.15, 0.2) is 11.5 Å². The number of hydrogen-bond donors (Lipinski definition) is 2. The van der Waals surface area contributed by atoms with Crippen LogP contribution in [0.1, 0.15) is 12.8 Å². The summed E-state index contributed by atoms with van der Waals surface area (Å²) in [6, 6.07) is 5.61. The molecular weight excluding hydrogens is 410 g/mol. The van der Waals surface area contributed by atoms with E-state index in [0.717, 1.165) is 36.4 Å². The number of amides is 2. The second kappa shape index (κ2) is 9.90. The van der Waals surface area contributed by atoms with E-state index in [0.29, 0.717) is 36.2 Å². The summed E-state index contributed by atoms with van der Waals surface area (Å²) in [5, 5.41) is 3.87. The molecular formula is C20H30ClN5O4. The van der Waals surface area contributed by atoms with Crippen molar-refractivity contribution in [2.75, 3.05) is 57.6 Å². The number of ether oxygens (including phenoxy) is 2. The summed E-state index contributed by atoms with van der Waals surface area (Å²) in [5.41, 5.74) is 7.70. The maximum absolute atomic E-state index is 12.3. The molecule has 0 unspecified atom stereocenters. The van der Waals surface area contributed by atoms with Gasteiger partial charge in [0.05, 0.1) is 19.7 Å². The van der Waals surface area contributed by atoms with Gasteiger partial charge in [0.2, 0.25) is 0 Å². The molecule has 1 aliphatic heterocycles. The minimum Gasteiger partial charge on any atom is -0.493 e. The minimum atomic E-state index is 0. The van der Waals surface area contributed by atoms with Crippen LogP contribution in [0, 0.1) is 5.92 Å². The molecule has 2 aromatic rings. The van der Waals surface area contributed by atoms with Crippen LogP contribution in [0.25, 0.3) is 10.9 Å². The Morgan fingerprint density at radius 1 is 1.13 bits per heavy atom. The quantitative estimate of drug-likeness (QED) is 0.730. The lowest BCUT2D eigenvalue weighted by molar-refractivity contribution is 0.194. The van der Waals surface area contributed by atoms with Crippen molar-refractivity contribution in [3.63, 3.8) is 0 Å². The molecule has 4 rings (SSSR count). The number of nitrogens with one attached hydrogen (secondary N) is 1. The zero-order valence-corrected chi connectivity index (χ0v) is 18.1. The Morgan fingerprint density at radius 3 is 2.37 bits per heavy atom. The molecule has 2 aliphatic rings. The van der Waals surface area contributed by atoms with Gasteiger partial charge in [0.1, 0.15) is 5.82 Å². The van der Waals surface area contributed by atoms with Crippen molar-refractivity contribution in [3.8, 4) is 11.5 Å². The van der Waals surface area contributed by atoms with Crippen LogP contribution in [-0.4, -0.2) is 68.3 Å². The number of nitrogens with two attached hydrogens (primary N) is 1. The minimum absolute atomic E-state index is 0. The van der Waals surface area contributed by atoms with Crippen LogP contribution in [0.15, 0.2) is 18.2 Å². The number of anilines is 2. The highest BCUT2D eigenvalue weighted by atomic mass is 35.5.